The first-order valence-corrected chi connectivity index (χ1v) is 4.04. The topological polar surface area (TPSA) is 38.9 Å². The van der Waals surface area contributed by atoms with Crippen molar-refractivity contribution in [3.05, 3.63) is 28.8 Å². The number of aromatic nitrogens is 1. The van der Waals surface area contributed by atoms with E-state index < -0.39 is 5.95 Å². The SMILES string of the molecule is CC(CN)c1cc(Cl)cnc1F. The second-order valence-electron chi connectivity index (χ2n) is 2.67. The van der Waals surface area contributed by atoms with E-state index in [1.165, 1.54) is 6.20 Å². The molecule has 66 valence electrons. The van der Waals surface area contributed by atoms with Crippen LogP contribution in [0.3, 0.4) is 0 Å². The summed E-state index contributed by atoms with van der Waals surface area (Å²) in [6.45, 7) is 2.22. The number of nitrogens with zero attached hydrogens (tertiary/aromatic N) is 1. The smallest absolute Gasteiger partial charge is 0.216 e. The number of pyridine rings is 1. The number of hydrogen-bond donors (Lipinski definition) is 1. The summed E-state index contributed by atoms with van der Waals surface area (Å²) < 4.78 is 13.0. The molecule has 1 aromatic rings. The second-order valence-corrected chi connectivity index (χ2v) is 3.11. The quantitative estimate of drug-likeness (QED) is 0.721. The monoisotopic (exact) mass is 188 g/mol. The molecule has 0 spiro atoms. The number of hydrogen-bond acceptors (Lipinski definition) is 2. The Labute approximate surface area is 75.6 Å². The Morgan fingerprint density at radius 2 is 2.42 bits per heavy atom. The van der Waals surface area contributed by atoms with Gasteiger partial charge in [-0.1, -0.05) is 18.5 Å². The first-order valence-electron chi connectivity index (χ1n) is 3.66. The van der Waals surface area contributed by atoms with Gasteiger partial charge in [0.2, 0.25) is 5.95 Å². The molecule has 2 nitrogen and oxygen atoms in total. The zero-order valence-electron chi connectivity index (χ0n) is 6.72. The van der Waals surface area contributed by atoms with Crippen LogP contribution in [0, 0.1) is 5.95 Å². The van der Waals surface area contributed by atoms with Crippen LogP contribution in [0.25, 0.3) is 0 Å². The Balaban J connectivity index is 3.04. The Kier molecular flexibility index (Phi) is 3.00. The van der Waals surface area contributed by atoms with E-state index in [1.807, 2.05) is 6.92 Å². The zero-order chi connectivity index (χ0) is 9.14. The van der Waals surface area contributed by atoms with Crippen molar-refractivity contribution in [2.45, 2.75) is 12.8 Å². The van der Waals surface area contributed by atoms with Crippen LogP contribution < -0.4 is 5.73 Å². The van der Waals surface area contributed by atoms with Crippen molar-refractivity contribution >= 4 is 11.6 Å². The molecule has 0 aliphatic heterocycles. The normalized spacial score (nSPS) is 13.0. The molecule has 0 fully saturated rings. The number of rotatable bonds is 2. The highest BCUT2D eigenvalue weighted by Crippen LogP contribution is 2.19. The summed E-state index contributed by atoms with van der Waals surface area (Å²) in [7, 11) is 0. The molecule has 1 unspecified atom stereocenters. The Bertz CT molecular complexity index is 278. The summed E-state index contributed by atoms with van der Waals surface area (Å²) in [6.07, 6.45) is 1.28. The van der Waals surface area contributed by atoms with E-state index in [2.05, 4.69) is 4.98 Å². The van der Waals surface area contributed by atoms with Gasteiger partial charge >= 0.3 is 0 Å². The van der Waals surface area contributed by atoms with E-state index >= 15 is 0 Å². The van der Waals surface area contributed by atoms with Crippen LogP contribution in [0.2, 0.25) is 5.02 Å². The molecule has 0 amide bonds. The van der Waals surface area contributed by atoms with Gasteiger partial charge < -0.3 is 5.73 Å². The lowest BCUT2D eigenvalue weighted by atomic mass is 10.0. The minimum Gasteiger partial charge on any atom is -0.330 e. The Morgan fingerprint density at radius 3 is 3.00 bits per heavy atom. The van der Waals surface area contributed by atoms with E-state index in [1.54, 1.807) is 6.07 Å². The third kappa shape index (κ3) is 1.93. The molecule has 2 N–H and O–H groups in total. The number of halogens is 2. The molecule has 12 heavy (non-hydrogen) atoms. The first-order chi connectivity index (χ1) is 5.65. The highest BCUT2D eigenvalue weighted by molar-refractivity contribution is 6.30. The van der Waals surface area contributed by atoms with Crippen LogP contribution in [-0.4, -0.2) is 11.5 Å². The summed E-state index contributed by atoms with van der Waals surface area (Å²) in [5, 5.41) is 0.437. The maximum atomic E-state index is 13.0. The van der Waals surface area contributed by atoms with Crippen LogP contribution in [0.4, 0.5) is 4.39 Å². The fourth-order valence-electron chi connectivity index (χ4n) is 0.911. The molecule has 0 aliphatic rings. The van der Waals surface area contributed by atoms with E-state index in [9.17, 15) is 4.39 Å². The van der Waals surface area contributed by atoms with Crippen molar-refractivity contribution in [2.75, 3.05) is 6.54 Å². The molecule has 0 aromatic carbocycles. The summed E-state index contributed by atoms with van der Waals surface area (Å²) in [4.78, 5) is 3.49. The maximum Gasteiger partial charge on any atom is 0.216 e. The molecular weight excluding hydrogens is 179 g/mol. The van der Waals surface area contributed by atoms with Gasteiger partial charge in [0.05, 0.1) is 5.02 Å². The summed E-state index contributed by atoms with van der Waals surface area (Å²) in [5.74, 6) is -0.534. The van der Waals surface area contributed by atoms with Crippen molar-refractivity contribution < 1.29 is 4.39 Å². The second kappa shape index (κ2) is 3.83. The molecule has 4 heteroatoms. The summed E-state index contributed by atoms with van der Waals surface area (Å²) in [6, 6.07) is 1.56. The van der Waals surface area contributed by atoms with Crippen LogP contribution in [0.15, 0.2) is 12.3 Å². The van der Waals surface area contributed by atoms with Crippen LogP contribution in [0.5, 0.6) is 0 Å². The third-order valence-electron chi connectivity index (χ3n) is 1.72. The average molecular weight is 189 g/mol. The van der Waals surface area contributed by atoms with Gasteiger partial charge in [0.1, 0.15) is 0 Å². The largest absolute Gasteiger partial charge is 0.330 e. The Hall–Kier alpha value is -0.670. The van der Waals surface area contributed by atoms with Gasteiger partial charge in [-0.05, 0) is 18.5 Å². The van der Waals surface area contributed by atoms with Gasteiger partial charge in [-0.2, -0.15) is 4.39 Å². The predicted molar refractivity (Wildman–Crippen MR) is 46.7 cm³/mol. The Morgan fingerprint density at radius 1 is 1.75 bits per heavy atom. The van der Waals surface area contributed by atoms with Crippen molar-refractivity contribution in [1.82, 2.24) is 4.98 Å². The molecule has 0 aliphatic carbocycles. The van der Waals surface area contributed by atoms with Crippen molar-refractivity contribution in [1.29, 1.82) is 0 Å². The molecule has 0 saturated heterocycles. The van der Waals surface area contributed by atoms with E-state index in [0.717, 1.165) is 0 Å². The van der Waals surface area contributed by atoms with Crippen molar-refractivity contribution in [3.63, 3.8) is 0 Å². The maximum absolute atomic E-state index is 13.0. The van der Waals surface area contributed by atoms with Crippen LogP contribution >= 0.6 is 11.6 Å². The predicted octanol–water partition coefficient (Wildman–Crippen LogP) is 1.94. The summed E-state index contributed by atoms with van der Waals surface area (Å²) >= 11 is 5.65. The standard InChI is InChI=1S/C8H10ClFN2/c1-5(3-11)7-2-6(9)4-12-8(7)10/h2,4-5H,3,11H2,1H3. The van der Waals surface area contributed by atoms with Gasteiger partial charge in [0, 0.05) is 11.8 Å². The summed E-state index contributed by atoms with van der Waals surface area (Å²) in [5.41, 5.74) is 5.86. The van der Waals surface area contributed by atoms with E-state index in [0.29, 0.717) is 17.1 Å². The van der Waals surface area contributed by atoms with E-state index in [4.69, 9.17) is 17.3 Å². The minimum absolute atomic E-state index is 0.0452. The zero-order valence-corrected chi connectivity index (χ0v) is 7.48. The first kappa shape index (κ1) is 9.42. The molecule has 1 aromatic heterocycles. The molecule has 1 atom stereocenters. The van der Waals surface area contributed by atoms with Gasteiger partial charge in [0.15, 0.2) is 0 Å². The molecule has 0 saturated carbocycles. The lowest BCUT2D eigenvalue weighted by Gasteiger charge is -2.08. The van der Waals surface area contributed by atoms with Gasteiger partial charge in [-0.3, -0.25) is 0 Å². The number of nitrogens with two attached hydrogens (primary N) is 1. The lowest BCUT2D eigenvalue weighted by molar-refractivity contribution is 0.551. The average Bonchev–Trinajstić information content (AvgIpc) is 2.08. The van der Waals surface area contributed by atoms with Gasteiger partial charge in [-0.15, -0.1) is 0 Å². The highest BCUT2D eigenvalue weighted by atomic mass is 35.5. The molecule has 0 bridgehead atoms. The molecule has 0 radical (unpaired) electrons. The minimum atomic E-state index is -0.489. The van der Waals surface area contributed by atoms with Crippen LogP contribution in [-0.2, 0) is 0 Å². The molecule has 1 rings (SSSR count). The van der Waals surface area contributed by atoms with Gasteiger partial charge in [0.25, 0.3) is 0 Å². The molecule has 1 heterocycles. The van der Waals surface area contributed by atoms with Crippen molar-refractivity contribution in [3.8, 4) is 0 Å². The fraction of sp³-hybridized carbons (Fsp3) is 0.375. The third-order valence-corrected chi connectivity index (χ3v) is 1.92. The molecular formula is C8H10ClFN2. The lowest BCUT2D eigenvalue weighted by Crippen LogP contribution is -2.11. The van der Waals surface area contributed by atoms with Crippen LogP contribution in [0.1, 0.15) is 18.4 Å². The fourth-order valence-corrected chi connectivity index (χ4v) is 1.08. The highest BCUT2D eigenvalue weighted by Gasteiger charge is 2.10. The van der Waals surface area contributed by atoms with Gasteiger partial charge in [-0.25, -0.2) is 4.98 Å². The van der Waals surface area contributed by atoms with E-state index in [-0.39, 0.29) is 5.92 Å². The van der Waals surface area contributed by atoms with Crippen molar-refractivity contribution in [2.24, 2.45) is 5.73 Å².